The lowest BCUT2D eigenvalue weighted by atomic mass is 10.1. The number of non-ortho nitro benzene ring substituents is 1. The third-order valence-electron chi connectivity index (χ3n) is 6.16. The van der Waals surface area contributed by atoms with Crippen LogP contribution in [-0.4, -0.2) is 51.3 Å². The number of ether oxygens (including phenoxy) is 2. The average Bonchev–Trinajstić information content (AvgIpc) is 3.32. The Morgan fingerprint density at radius 1 is 1.05 bits per heavy atom. The summed E-state index contributed by atoms with van der Waals surface area (Å²) in [4.78, 5) is 49.4. The van der Waals surface area contributed by atoms with Crippen LogP contribution < -0.4 is 13.8 Å². The first-order valence-electron chi connectivity index (χ1n) is 11.9. The number of nitro benzene ring substituents is 1. The van der Waals surface area contributed by atoms with Gasteiger partial charge >= 0.3 is 16.1 Å². The number of aryl methyl sites for hydroxylation is 1. The molecule has 0 aromatic heterocycles. The molecule has 1 amide bonds. The maximum absolute atomic E-state index is 12.6. The van der Waals surface area contributed by atoms with Crippen LogP contribution in [0.3, 0.4) is 0 Å². The molecule has 0 saturated carbocycles. The van der Waals surface area contributed by atoms with Crippen molar-refractivity contribution in [2.45, 2.75) is 18.2 Å². The number of Topliss-reactive ketones (excluding diaryl/α,β-unsaturated/α-hetero) is 1. The Morgan fingerprint density at radius 3 is 2.35 bits per heavy atom. The first-order chi connectivity index (χ1) is 19.0. The quantitative estimate of drug-likeness (QED) is 0.116. The Bertz CT molecular complexity index is 1570. The van der Waals surface area contributed by atoms with Crippen molar-refractivity contribution in [3.05, 3.63) is 88.0 Å². The number of ketones is 1. The van der Waals surface area contributed by atoms with Gasteiger partial charge in [0.1, 0.15) is 16.4 Å². The Balaban J connectivity index is 1.34. The normalized spacial score (nSPS) is 15.0. The summed E-state index contributed by atoms with van der Waals surface area (Å²) in [6, 6.07) is 15.2. The number of hydrogen-bond donors (Lipinski definition) is 0. The Hall–Kier alpha value is -4.78. The molecule has 3 aromatic carbocycles. The molecule has 1 fully saturated rings. The van der Waals surface area contributed by atoms with Gasteiger partial charge < -0.3 is 18.6 Å². The topological polar surface area (TPSA) is 159 Å². The number of nitrogens with zero attached hydrogens (tertiary/aromatic N) is 2. The molecule has 0 spiro atoms. The fraction of sp³-hybridized carbons (Fsp3) is 0.222. The van der Waals surface area contributed by atoms with Gasteiger partial charge in [-0.2, -0.15) is 8.42 Å². The molecule has 0 aliphatic carbocycles. The van der Waals surface area contributed by atoms with Crippen LogP contribution in [0, 0.1) is 23.0 Å². The highest BCUT2D eigenvalue weighted by molar-refractivity contribution is 7.87. The van der Waals surface area contributed by atoms with Gasteiger partial charge in [-0.1, -0.05) is 17.7 Å². The van der Waals surface area contributed by atoms with Gasteiger partial charge in [-0.15, -0.1) is 0 Å². The van der Waals surface area contributed by atoms with Crippen LogP contribution in [0.4, 0.5) is 11.4 Å². The molecular weight excluding hydrogens is 544 g/mol. The van der Waals surface area contributed by atoms with Crippen molar-refractivity contribution in [1.29, 1.82) is 0 Å². The van der Waals surface area contributed by atoms with E-state index in [9.17, 15) is 32.9 Å². The summed E-state index contributed by atoms with van der Waals surface area (Å²) in [6.07, 6.45) is -0.172. The third-order valence-corrected chi connectivity index (χ3v) is 7.42. The summed E-state index contributed by atoms with van der Waals surface area (Å²) < 4.78 is 40.3. The maximum Gasteiger partial charge on any atom is 0.339 e. The zero-order valence-corrected chi connectivity index (χ0v) is 22.3. The van der Waals surface area contributed by atoms with E-state index in [1.807, 2.05) is 6.92 Å². The van der Waals surface area contributed by atoms with Crippen LogP contribution in [0.15, 0.2) is 71.6 Å². The number of anilines is 1. The van der Waals surface area contributed by atoms with Gasteiger partial charge in [-0.05, 0) is 49.4 Å². The van der Waals surface area contributed by atoms with Crippen LogP contribution in [0.5, 0.6) is 11.5 Å². The molecule has 0 N–H and O–H groups in total. The van der Waals surface area contributed by atoms with Crippen LogP contribution >= 0.6 is 0 Å². The van der Waals surface area contributed by atoms with E-state index in [0.717, 1.165) is 5.56 Å². The van der Waals surface area contributed by atoms with E-state index in [4.69, 9.17) is 13.7 Å². The molecule has 0 unspecified atom stereocenters. The van der Waals surface area contributed by atoms with Crippen LogP contribution in [0.1, 0.15) is 22.3 Å². The van der Waals surface area contributed by atoms with E-state index in [2.05, 4.69) is 0 Å². The number of methoxy groups -OCH3 is 1. The standard InChI is InChI=1S/C27H24N2O10S/c1-17-3-10-22(11-4-17)40(35,36)39-21-8-5-18(6-9-21)24(30)16-38-27(32)19-13-26(31)28(15-19)23-12-7-20(29(33)34)14-25(23)37-2/h3-12,14,19H,13,15-16H2,1-2H3/t19-/m1/s1. The van der Waals surface area contributed by atoms with E-state index in [1.54, 1.807) is 12.1 Å². The van der Waals surface area contributed by atoms with Crippen molar-refractivity contribution < 1.29 is 41.4 Å². The monoisotopic (exact) mass is 568 g/mol. The van der Waals surface area contributed by atoms with Crippen molar-refractivity contribution in [2.24, 2.45) is 5.92 Å². The third kappa shape index (κ3) is 6.26. The Labute approximate surface area is 229 Å². The predicted octanol–water partition coefficient (Wildman–Crippen LogP) is 3.46. The number of rotatable bonds is 10. The molecular formula is C27H24N2O10S. The molecule has 1 saturated heterocycles. The second-order valence-corrected chi connectivity index (χ2v) is 10.5. The molecule has 4 rings (SSSR count). The zero-order chi connectivity index (χ0) is 29.0. The van der Waals surface area contributed by atoms with Crippen molar-refractivity contribution >= 4 is 39.2 Å². The minimum absolute atomic E-state index is 0.000325. The van der Waals surface area contributed by atoms with Gasteiger partial charge in [0.05, 0.1) is 29.7 Å². The smallest absolute Gasteiger partial charge is 0.339 e. The van der Waals surface area contributed by atoms with Crippen molar-refractivity contribution in [3.8, 4) is 11.5 Å². The van der Waals surface area contributed by atoms with Crippen molar-refractivity contribution in [1.82, 2.24) is 0 Å². The summed E-state index contributed by atoms with van der Waals surface area (Å²) in [6.45, 7) is 1.18. The van der Waals surface area contributed by atoms with E-state index >= 15 is 0 Å². The molecule has 208 valence electrons. The van der Waals surface area contributed by atoms with Gasteiger partial charge in [0.15, 0.2) is 12.4 Å². The molecule has 0 bridgehead atoms. The minimum Gasteiger partial charge on any atom is -0.494 e. The second-order valence-electron chi connectivity index (χ2n) is 8.92. The Kier molecular flexibility index (Phi) is 8.14. The van der Waals surface area contributed by atoms with Crippen molar-refractivity contribution in [2.75, 3.05) is 25.2 Å². The summed E-state index contributed by atoms with van der Waals surface area (Å²) in [7, 11) is -2.75. The molecule has 1 atom stereocenters. The summed E-state index contributed by atoms with van der Waals surface area (Å²) in [5, 5.41) is 11.0. The largest absolute Gasteiger partial charge is 0.494 e. The lowest BCUT2D eigenvalue weighted by Gasteiger charge is -2.19. The zero-order valence-electron chi connectivity index (χ0n) is 21.4. The number of esters is 1. The molecule has 13 heteroatoms. The number of hydrogen-bond acceptors (Lipinski definition) is 10. The lowest BCUT2D eigenvalue weighted by Crippen LogP contribution is -2.27. The Morgan fingerprint density at radius 2 is 1.73 bits per heavy atom. The highest BCUT2D eigenvalue weighted by Gasteiger charge is 2.37. The van der Waals surface area contributed by atoms with Crippen LogP contribution in [-0.2, 0) is 24.4 Å². The lowest BCUT2D eigenvalue weighted by molar-refractivity contribution is -0.384. The molecule has 12 nitrogen and oxygen atoms in total. The highest BCUT2D eigenvalue weighted by atomic mass is 32.2. The second kappa shape index (κ2) is 11.5. The summed E-state index contributed by atoms with van der Waals surface area (Å²) in [5.41, 5.74) is 1.11. The molecule has 40 heavy (non-hydrogen) atoms. The minimum atomic E-state index is -4.06. The molecule has 1 aliphatic rings. The molecule has 1 heterocycles. The average molecular weight is 569 g/mol. The molecule has 0 radical (unpaired) electrons. The number of benzene rings is 3. The maximum atomic E-state index is 12.6. The highest BCUT2D eigenvalue weighted by Crippen LogP contribution is 2.36. The summed E-state index contributed by atoms with van der Waals surface area (Å²) >= 11 is 0. The first-order valence-corrected chi connectivity index (χ1v) is 13.3. The first kappa shape index (κ1) is 28.2. The number of nitro groups is 1. The van der Waals surface area contributed by atoms with E-state index < -0.39 is 45.2 Å². The van der Waals surface area contributed by atoms with E-state index in [0.29, 0.717) is 0 Å². The van der Waals surface area contributed by atoms with Gasteiger partial charge in [0.25, 0.3) is 5.69 Å². The summed E-state index contributed by atoms with van der Waals surface area (Å²) in [5.74, 6) is -2.46. The van der Waals surface area contributed by atoms with Crippen LogP contribution in [0.2, 0.25) is 0 Å². The van der Waals surface area contributed by atoms with E-state index in [-0.39, 0.29) is 46.3 Å². The van der Waals surface area contributed by atoms with Gasteiger partial charge in [-0.3, -0.25) is 24.5 Å². The van der Waals surface area contributed by atoms with Gasteiger partial charge in [0.2, 0.25) is 5.91 Å². The predicted molar refractivity (Wildman–Crippen MR) is 141 cm³/mol. The van der Waals surface area contributed by atoms with Crippen molar-refractivity contribution in [3.63, 3.8) is 0 Å². The van der Waals surface area contributed by atoms with Gasteiger partial charge in [-0.25, -0.2) is 0 Å². The number of amides is 1. The SMILES string of the molecule is COc1cc([N+](=O)[O-])ccc1N1C[C@H](C(=O)OCC(=O)c2ccc(OS(=O)(=O)c3ccc(C)cc3)cc2)CC1=O. The number of carbonyl (C=O) groups is 3. The molecule has 1 aliphatic heterocycles. The van der Waals surface area contributed by atoms with Crippen LogP contribution in [0.25, 0.3) is 0 Å². The fourth-order valence-corrected chi connectivity index (χ4v) is 4.95. The van der Waals surface area contributed by atoms with E-state index in [1.165, 1.54) is 66.6 Å². The number of carbonyl (C=O) groups excluding carboxylic acids is 3. The fourth-order valence-electron chi connectivity index (χ4n) is 4.02. The van der Waals surface area contributed by atoms with Gasteiger partial charge in [0, 0.05) is 24.6 Å². The molecule has 3 aromatic rings.